The van der Waals surface area contributed by atoms with E-state index in [0.717, 1.165) is 24.4 Å². The molecule has 1 N–H and O–H groups in total. The van der Waals surface area contributed by atoms with E-state index >= 15 is 0 Å². The molecule has 1 aromatic heterocycles. The summed E-state index contributed by atoms with van der Waals surface area (Å²) in [5, 5.41) is 8.69. The van der Waals surface area contributed by atoms with Crippen LogP contribution in [0, 0.1) is 0 Å². The lowest BCUT2D eigenvalue weighted by Gasteiger charge is -2.09. The first kappa shape index (κ1) is 14.6. The lowest BCUT2D eigenvalue weighted by Crippen LogP contribution is -2.07. The van der Waals surface area contributed by atoms with Crippen molar-refractivity contribution < 1.29 is 4.74 Å². The van der Waals surface area contributed by atoms with Crippen LogP contribution in [0.25, 0.3) is 5.69 Å². The Hall–Kier alpha value is -1.97. The summed E-state index contributed by atoms with van der Waals surface area (Å²) in [5.74, 6) is 2.76. The summed E-state index contributed by atoms with van der Waals surface area (Å²) < 4.78 is 7.40. The Morgan fingerprint density at radius 2 is 1.87 bits per heavy atom. The highest BCUT2D eigenvalue weighted by Crippen LogP contribution is 2.39. The third-order valence-electron chi connectivity index (χ3n) is 5.22. The van der Waals surface area contributed by atoms with E-state index < -0.39 is 0 Å². The average molecular weight is 311 g/mol. The second kappa shape index (κ2) is 6.26. The Labute approximate surface area is 137 Å². The number of fused-ring (bicyclic) bond motifs is 1. The van der Waals surface area contributed by atoms with E-state index in [1.807, 2.05) is 12.1 Å². The molecule has 1 aliphatic carbocycles. The molecule has 0 atom stereocenters. The minimum absolute atomic E-state index is 0.656. The van der Waals surface area contributed by atoms with Gasteiger partial charge in [0.15, 0.2) is 0 Å². The van der Waals surface area contributed by atoms with Gasteiger partial charge >= 0.3 is 0 Å². The molecule has 1 aliphatic heterocycles. The van der Waals surface area contributed by atoms with Gasteiger partial charge in [-0.1, -0.05) is 12.8 Å². The normalized spacial score (nSPS) is 18.3. The second-order valence-corrected chi connectivity index (χ2v) is 6.69. The fraction of sp³-hybridized carbons (Fsp3) is 0.526. The van der Waals surface area contributed by atoms with Crippen LogP contribution in [0.2, 0.25) is 0 Å². The van der Waals surface area contributed by atoms with E-state index in [-0.39, 0.29) is 0 Å². The number of anilines is 1. The largest absolute Gasteiger partial charge is 0.497 e. The van der Waals surface area contributed by atoms with Crippen molar-refractivity contribution in [2.75, 3.05) is 19.0 Å². The second-order valence-electron chi connectivity index (χ2n) is 6.69. The molecule has 0 bridgehead atoms. The Morgan fingerprint density at radius 3 is 2.61 bits per heavy atom. The van der Waals surface area contributed by atoms with Crippen molar-refractivity contribution >= 4 is 5.82 Å². The van der Waals surface area contributed by atoms with Crippen LogP contribution in [-0.2, 0) is 6.42 Å². The first-order valence-corrected chi connectivity index (χ1v) is 8.87. The summed E-state index contributed by atoms with van der Waals surface area (Å²) in [4.78, 5) is 0. The predicted molar refractivity (Wildman–Crippen MR) is 92.8 cm³/mol. The highest BCUT2D eigenvalue weighted by Gasteiger charge is 2.27. The van der Waals surface area contributed by atoms with Crippen molar-refractivity contribution in [1.29, 1.82) is 0 Å². The van der Waals surface area contributed by atoms with E-state index in [9.17, 15) is 0 Å². The fourth-order valence-electron chi connectivity index (χ4n) is 3.97. The molecule has 122 valence electrons. The van der Waals surface area contributed by atoms with Crippen molar-refractivity contribution in [2.45, 2.75) is 50.9 Å². The van der Waals surface area contributed by atoms with E-state index in [4.69, 9.17) is 9.84 Å². The molecule has 4 heteroatoms. The van der Waals surface area contributed by atoms with Crippen LogP contribution in [-0.4, -0.2) is 23.4 Å². The molecule has 4 nitrogen and oxygen atoms in total. The lowest BCUT2D eigenvalue weighted by atomic mass is 9.97. The van der Waals surface area contributed by atoms with Crippen LogP contribution >= 0.6 is 0 Å². The lowest BCUT2D eigenvalue weighted by molar-refractivity contribution is 0.414. The zero-order chi connectivity index (χ0) is 15.6. The molecular weight excluding hydrogens is 286 g/mol. The summed E-state index contributed by atoms with van der Waals surface area (Å²) in [6, 6.07) is 8.21. The van der Waals surface area contributed by atoms with Gasteiger partial charge in [-0.3, -0.25) is 0 Å². The average Bonchev–Trinajstić information content (AvgIpc) is 3.17. The Kier molecular flexibility index (Phi) is 3.98. The SMILES string of the molecule is COc1ccc(-n2nc(C3CCCC3)c3c2NCCCC3)cc1. The molecule has 2 heterocycles. The minimum Gasteiger partial charge on any atom is -0.497 e. The molecule has 2 aromatic rings. The van der Waals surface area contributed by atoms with Crippen LogP contribution in [0.15, 0.2) is 24.3 Å². The van der Waals surface area contributed by atoms with E-state index in [1.54, 1.807) is 7.11 Å². The molecule has 0 saturated heterocycles. The van der Waals surface area contributed by atoms with E-state index in [1.165, 1.54) is 55.6 Å². The van der Waals surface area contributed by atoms with Gasteiger partial charge in [0.2, 0.25) is 0 Å². The van der Waals surface area contributed by atoms with Crippen LogP contribution in [0.3, 0.4) is 0 Å². The van der Waals surface area contributed by atoms with Crippen molar-refractivity contribution in [2.24, 2.45) is 0 Å². The molecule has 0 spiro atoms. The standard InChI is InChI=1S/C19H25N3O/c1-23-16-11-9-15(10-12-16)22-19-17(8-4-5-13-20-19)18(21-22)14-6-2-3-7-14/h9-12,14,20H,2-8,13H2,1H3. The number of ether oxygens (including phenoxy) is 1. The molecule has 0 unspecified atom stereocenters. The van der Waals surface area contributed by atoms with Gasteiger partial charge in [-0.15, -0.1) is 0 Å². The number of aromatic nitrogens is 2. The van der Waals surface area contributed by atoms with Gasteiger partial charge in [-0.2, -0.15) is 5.10 Å². The zero-order valence-electron chi connectivity index (χ0n) is 13.8. The topological polar surface area (TPSA) is 39.1 Å². The first-order valence-electron chi connectivity index (χ1n) is 8.87. The zero-order valence-corrected chi connectivity index (χ0v) is 13.8. The first-order chi connectivity index (χ1) is 11.4. The highest BCUT2D eigenvalue weighted by atomic mass is 16.5. The maximum atomic E-state index is 5.28. The van der Waals surface area contributed by atoms with Crippen molar-refractivity contribution in [3.63, 3.8) is 0 Å². The third kappa shape index (κ3) is 2.71. The summed E-state index contributed by atoms with van der Waals surface area (Å²) in [7, 11) is 1.70. The van der Waals surface area contributed by atoms with E-state index in [2.05, 4.69) is 22.1 Å². The summed E-state index contributed by atoms with van der Waals surface area (Å²) in [6.07, 6.45) is 8.95. The highest BCUT2D eigenvalue weighted by molar-refractivity contribution is 5.55. The third-order valence-corrected chi connectivity index (χ3v) is 5.22. The van der Waals surface area contributed by atoms with Crippen LogP contribution < -0.4 is 10.1 Å². The number of methoxy groups -OCH3 is 1. The molecule has 1 saturated carbocycles. The molecule has 1 aromatic carbocycles. The molecule has 2 aliphatic rings. The van der Waals surface area contributed by atoms with Crippen LogP contribution in [0.4, 0.5) is 5.82 Å². The van der Waals surface area contributed by atoms with Crippen molar-refractivity contribution in [1.82, 2.24) is 9.78 Å². The fourth-order valence-corrected chi connectivity index (χ4v) is 3.97. The van der Waals surface area contributed by atoms with Gasteiger partial charge in [0.05, 0.1) is 18.5 Å². The summed E-state index contributed by atoms with van der Waals surface area (Å²) in [6.45, 7) is 1.04. The van der Waals surface area contributed by atoms with Crippen LogP contribution in [0.1, 0.15) is 55.7 Å². The Balaban J connectivity index is 1.78. The van der Waals surface area contributed by atoms with Gasteiger partial charge in [0, 0.05) is 18.0 Å². The van der Waals surface area contributed by atoms with Gasteiger partial charge in [-0.25, -0.2) is 4.68 Å². The molecule has 0 radical (unpaired) electrons. The quantitative estimate of drug-likeness (QED) is 0.919. The number of nitrogens with one attached hydrogen (secondary N) is 1. The maximum Gasteiger partial charge on any atom is 0.133 e. The molecular formula is C19H25N3O. The smallest absolute Gasteiger partial charge is 0.133 e. The monoisotopic (exact) mass is 311 g/mol. The van der Waals surface area contributed by atoms with Gasteiger partial charge in [0.25, 0.3) is 0 Å². The number of rotatable bonds is 3. The van der Waals surface area contributed by atoms with Gasteiger partial charge in [0.1, 0.15) is 11.6 Å². The number of benzene rings is 1. The Morgan fingerprint density at radius 1 is 1.09 bits per heavy atom. The maximum absolute atomic E-state index is 5.28. The number of hydrogen-bond donors (Lipinski definition) is 1. The van der Waals surface area contributed by atoms with Crippen molar-refractivity contribution in [3.8, 4) is 11.4 Å². The van der Waals surface area contributed by atoms with Gasteiger partial charge in [-0.05, 0) is 56.4 Å². The predicted octanol–water partition coefficient (Wildman–Crippen LogP) is 4.29. The number of nitrogens with zero attached hydrogens (tertiary/aromatic N) is 2. The number of hydrogen-bond acceptors (Lipinski definition) is 3. The Bertz CT molecular complexity index is 669. The molecule has 23 heavy (non-hydrogen) atoms. The molecule has 0 amide bonds. The summed E-state index contributed by atoms with van der Waals surface area (Å²) >= 11 is 0. The van der Waals surface area contributed by atoms with Crippen molar-refractivity contribution in [3.05, 3.63) is 35.5 Å². The molecule has 4 rings (SSSR count). The van der Waals surface area contributed by atoms with Gasteiger partial charge < -0.3 is 10.1 Å². The minimum atomic E-state index is 0.656. The van der Waals surface area contributed by atoms with E-state index in [0.29, 0.717) is 5.92 Å². The van der Waals surface area contributed by atoms with Crippen LogP contribution in [0.5, 0.6) is 5.75 Å². The molecule has 1 fully saturated rings. The summed E-state index contributed by atoms with van der Waals surface area (Å²) in [5.41, 5.74) is 3.92.